The van der Waals surface area contributed by atoms with Crippen molar-refractivity contribution in [2.75, 3.05) is 0 Å². The average Bonchev–Trinajstić information content (AvgIpc) is 1.89. The van der Waals surface area contributed by atoms with E-state index in [1.165, 1.54) is 12.8 Å². The van der Waals surface area contributed by atoms with Crippen LogP contribution in [0.15, 0.2) is 0 Å². The van der Waals surface area contributed by atoms with Gasteiger partial charge in [0.15, 0.2) is 0 Å². The van der Waals surface area contributed by atoms with Crippen molar-refractivity contribution < 1.29 is 4.39 Å². The van der Waals surface area contributed by atoms with Gasteiger partial charge in [-0.05, 0) is 19.8 Å². The number of hydrogen-bond donors (Lipinski definition) is 0. The summed E-state index contributed by atoms with van der Waals surface area (Å²) in [7, 11) is 0. The minimum Gasteiger partial charge on any atom is -0.244 e. The zero-order valence-electron chi connectivity index (χ0n) is 7.41. The average molecular weight is 146 g/mol. The Kier molecular flexibility index (Phi) is 4.67. The molecule has 0 rings (SSSR count). The maximum Gasteiger partial charge on any atom is 0.108 e. The van der Waals surface area contributed by atoms with Crippen LogP contribution in [0.1, 0.15) is 52.9 Å². The standard InChI is InChI=1S/C9H19F/c1-4-6-7-8-9(3,10)5-2/h4-8H2,1-3H3. The van der Waals surface area contributed by atoms with Crippen molar-refractivity contribution in [2.45, 2.75) is 58.5 Å². The second-order valence-electron chi connectivity index (χ2n) is 3.22. The maximum atomic E-state index is 13.1. The molecule has 0 saturated carbocycles. The first kappa shape index (κ1) is 9.93. The molecule has 0 aliphatic heterocycles. The summed E-state index contributed by atoms with van der Waals surface area (Å²) < 4.78 is 13.1. The van der Waals surface area contributed by atoms with Crippen molar-refractivity contribution in [1.29, 1.82) is 0 Å². The summed E-state index contributed by atoms with van der Waals surface area (Å²) >= 11 is 0. The van der Waals surface area contributed by atoms with Crippen LogP contribution in [0.3, 0.4) is 0 Å². The third kappa shape index (κ3) is 4.78. The Morgan fingerprint density at radius 2 is 1.80 bits per heavy atom. The van der Waals surface area contributed by atoms with Crippen LogP contribution in [0.4, 0.5) is 4.39 Å². The first-order valence-electron chi connectivity index (χ1n) is 4.31. The SMILES string of the molecule is CCCCCC(C)(F)CC. The number of rotatable bonds is 5. The molecule has 0 N–H and O–H groups in total. The highest BCUT2D eigenvalue weighted by atomic mass is 19.1. The Labute approximate surface area is 63.8 Å². The van der Waals surface area contributed by atoms with Crippen LogP contribution in [0.25, 0.3) is 0 Å². The van der Waals surface area contributed by atoms with Crippen molar-refractivity contribution in [3.63, 3.8) is 0 Å². The van der Waals surface area contributed by atoms with Crippen LogP contribution < -0.4 is 0 Å². The molecule has 0 radical (unpaired) electrons. The van der Waals surface area contributed by atoms with Crippen LogP contribution in [0, 0.1) is 0 Å². The fraction of sp³-hybridized carbons (Fsp3) is 1.00. The van der Waals surface area contributed by atoms with E-state index in [0.717, 1.165) is 12.8 Å². The van der Waals surface area contributed by atoms with E-state index in [-0.39, 0.29) is 0 Å². The third-order valence-corrected chi connectivity index (χ3v) is 2.04. The Bertz CT molecular complexity index is 76.8. The topological polar surface area (TPSA) is 0 Å². The summed E-state index contributed by atoms with van der Waals surface area (Å²) in [6, 6.07) is 0. The van der Waals surface area contributed by atoms with Crippen LogP contribution in [-0.2, 0) is 0 Å². The maximum absolute atomic E-state index is 13.1. The summed E-state index contributed by atoms with van der Waals surface area (Å²) in [5.74, 6) is 0. The van der Waals surface area contributed by atoms with Gasteiger partial charge in [-0.25, -0.2) is 4.39 Å². The third-order valence-electron chi connectivity index (χ3n) is 2.04. The summed E-state index contributed by atoms with van der Waals surface area (Å²) in [5.41, 5.74) is -0.908. The highest BCUT2D eigenvalue weighted by Crippen LogP contribution is 2.22. The molecule has 62 valence electrons. The molecule has 1 unspecified atom stereocenters. The van der Waals surface area contributed by atoms with Crippen molar-refractivity contribution in [1.82, 2.24) is 0 Å². The fourth-order valence-electron chi connectivity index (χ4n) is 0.920. The molecule has 0 spiro atoms. The van der Waals surface area contributed by atoms with Gasteiger partial charge in [0.2, 0.25) is 0 Å². The molecule has 0 aliphatic rings. The van der Waals surface area contributed by atoms with Gasteiger partial charge in [0.1, 0.15) is 5.67 Å². The Morgan fingerprint density at radius 1 is 1.20 bits per heavy atom. The van der Waals surface area contributed by atoms with E-state index in [1.807, 2.05) is 6.92 Å². The van der Waals surface area contributed by atoms with E-state index in [4.69, 9.17) is 0 Å². The van der Waals surface area contributed by atoms with Gasteiger partial charge in [0, 0.05) is 0 Å². The zero-order chi connectivity index (χ0) is 8.04. The van der Waals surface area contributed by atoms with Crippen LogP contribution in [0.2, 0.25) is 0 Å². The lowest BCUT2D eigenvalue weighted by atomic mass is 9.98. The van der Waals surface area contributed by atoms with Crippen LogP contribution in [0.5, 0.6) is 0 Å². The lowest BCUT2D eigenvalue weighted by Crippen LogP contribution is -2.15. The minimum atomic E-state index is -0.908. The van der Waals surface area contributed by atoms with Crippen LogP contribution in [-0.4, -0.2) is 5.67 Å². The molecule has 0 heterocycles. The highest BCUT2D eigenvalue weighted by molar-refractivity contribution is 4.69. The molecule has 0 bridgehead atoms. The summed E-state index contributed by atoms with van der Waals surface area (Å²) in [4.78, 5) is 0. The number of alkyl halides is 1. The monoisotopic (exact) mass is 146 g/mol. The van der Waals surface area contributed by atoms with E-state index in [2.05, 4.69) is 6.92 Å². The van der Waals surface area contributed by atoms with Gasteiger partial charge >= 0.3 is 0 Å². The van der Waals surface area contributed by atoms with Crippen molar-refractivity contribution in [3.05, 3.63) is 0 Å². The molecule has 0 fully saturated rings. The van der Waals surface area contributed by atoms with Gasteiger partial charge in [0.25, 0.3) is 0 Å². The molecule has 0 aliphatic carbocycles. The quantitative estimate of drug-likeness (QED) is 0.519. The van der Waals surface area contributed by atoms with Gasteiger partial charge in [-0.15, -0.1) is 0 Å². The number of halogens is 1. The second kappa shape index (κ2) is 4.70. The lowest BCUT2D eigenvalue weighted by Gasteiger charge is -2.16. The van der Waals surface area contributed by atoms with E-state index in [1.54, 1.807) is 6.92 Å². The molecule has 1 heteroatoms. The van der Waals surface area contributed by atoms with Gasteiger partial charge < -0.3 is 0 Å². The van der Waals surface area contributed by atoms with Gasteiger partial charge in [-0.3, -0.25) is 0 Å². The summed E-state index contributed by atoms with van der Waals surface area (Å²) in [6.07, 6.45) is 4.77. The second-order valence-corrected chi connectivity index (χ2v) is 3.22. The van der Waals surface area contributed by atoms with Crippen molar-refractivity contribution in [2.24, 2.45) is 0 Å². The zero-order valence-corrected chi connectivity index (χ0v) is 7.41. The normalized spacial score (nSPS) is 16.8. The molecule has 0 amide bonds. The molecule has 0 aromatic heterocycles. The molecule has 0 nitrogen and oxygen atoms in total. The summed E-state index contributed by atoms with van der Waals surface area (Å²) in [5, 5.41) is 0. The Balaban J connectivity index is 3.28. The lowest BCUT2D eigenvalue weighted by molar-refractivity contribution is 0.164. The fourth-order valence-corrected chi connectivity index (χ4v) is 0.920. The van der Waals surface area contributed by atoms with E-state index < -0.39 is 5.67 Å². The summed E-state index contributed by atoms with van der Waals surface area (Å²) in [6.45, 7) is 5.75. The number of unbranched alkanes of at least 4 members (excludes halogenated alkanes) is 2. The molecular formula is C9H19F. The highest BCUT2D eigenvalue weighted by Gasteiger charge is 2.18. The Morgan fingerprint density at radius 3 is 2.20 bits per heavy atom. The molecule has 10 heavy (non-hydrogen) atoms. The largest absolute Gasteiger partial charge is 0.244 e. The smallest absolute Gasteiger partial charge is 0.108 e. The van der Waals surface area contributed by atoms with Crippen LogP contribution >= 0.6 is 0 Å². The molecule has 0 aromatic rings. The van der Waals surface area contributed by atoms with Crippen molar-refractivity contribution in [3.8, 4) is 0 Å². The van der Waals surface area contributed by atoms with Gasteiger partial charge in [-0.2, -0.15) is 0 Å². The van der Waals surface area contributed by atoms with E-state index in [0.29, 0.717) is 6.42 Å². The van der Waals surface area contributed by atoms with E-state index >= 15 is 0 Å². The predicted molar refractivity (Wildman–Crippen MR) is 43.9 cm³/mol. The van der Waals surface area contributed by atoms with Crippen molar-refractivity contribution >= 4 is 0 Å². The van der Waals surface area contributed by atoms with Gasteiger partial charge in [-0.1, -0.05) is 33.1 Å². The molecular weight excluding hydrogens is 127 g/mol. The number of hydrogen-bond acceptors (Lipinski definition) is 0. The minimum absolute atomic E-state index is 0.650. The molecule has 1 atom stereocenters. The molecule has 0 saturated heterocycles. The molecule has 0 aromatic carbocycles. The first-order chi connectivity index (χ1) is 4.62. The Hall–Kier alpha value is -0.0700. The van der Waals surface area contributed by atoms with Gasteiger partial charge in [0.05, 0.1) is 0 Å². The van der Waals surface area contributed by atoms with E-state index in [9.17, 15) is 4.39 Å². The predicted octanol–water partition coefficient (Wildman–Crippen LogP) is 3.70. The first-order valence-corrected chi connectivity index (χ1v) is 4.31.